The second kappa shape index (κ2) is 10.2. The van der Waals surface area contributed by atoms with Gasteiger partial charge in [0, 0.05) is 5.69 Å². The first-order valence-corrected chi connectivity index (χ1v) is 8.69. The van der Waals surface area contributed by atoms with E-state index >= 15 is 0 Å². The van der Waals surface area contributed by atoms with Crippen LogP contribution in [0.1, 0.15) is 17.3 Å². The highest BCUT2D eigenvalue weighted by Gasteiger charge is 2.16. The molecule has 2 amide bonds. The van der Waals surface area contributed by atoms with E-state index in [-0.39, 0.29) is 31.2 Å². The average Bonchev–Trinajstić information content (AvgIpc) is 2.61. The number of halogens is 1. The maximum atomic E-state index is 13.1. The van der Waals surface area contributed by atoms with E-state index in [1.165, 1.54) is 23.1 Å². The second-order valence-corrected chi connectivity index (χ2v) is 6.05. The lowest BCUT2D eigenvalue weighted by molar-refractivity contribution is -0.119. The van der Waals surface area contributed by atoms with Crippen LogP contribution in [-0.2, 0) is 14.3 Å². The maximum Gasteiger partial charge on any atom is 0.340 e. The molecule has 0 spiro atoms. The van der Waals surface area contributed by atoms with Crippen molar-refractivity contribution in [3.8, 4) is 0 Å². The van der Waals surface area contributed by atoms with Gasteiger partial charge in [-0.2, -0.15) is 0 Å². The number of benzene rings is 2. The maximum absolute atomic E-state index is 13.1. The smallest absolute Gasteiger partial charge is 0.340 e. The van der Waals surface area contributed by atoms with Crippen molar-refractivity contribution in [2.75, 3.05) is 37.4 Å². The highest BCUT2D eigenvalue weighted by molar-refractivity contribution is 6.02. The van der Waals surface area contributed by atoms with Gasteiger partial charge in [-0.3, -0.25) is 14.5 Å². The predicted molar refractivity (Wildman–Crippen MR) is 104 cm³/mol. The summed E-state index contributed by atoms with van der Waals surface area (Å²) in [6, 6.07) is 12.1. The molecule has 2 aromatic rings. The Balaban J connectivity index is 1.89. The zero-order valence-corrected chi connectivity index (χ0v) is 15.7. The fourth-order valence-corrected chi connectivity index (χ4v) is 2.48. The number of amides is 2. The number of carbonyl (C=O) groups excluding carboxylic acids is 3. The molecule has 148 valence electrons. The molecule has 2 rings (SSSR count). The number of ether oxygens (including phenoxy) is 1. The van der Waals surface area contributed by atoms with Crippen molar-refractivity contribution in [2.45, 2.75) is 6.92 Å². The Morgan fingerprint density at radius 3 is 2.36 bits per heavy atom. The van der Waals surface area contributed by atoms with Gasteiger partial charge in [-0.1, -0.05) is 18.2 Å². The molecule has 8 heteroatoms. The minimum absolute atomic E-state index is 0.0660. The number of hydrogen-bond acceptors (Lipinski definition) is 5. The van der Waals surface area contributed by atoms with E-state index in [4.69, 9.17) is 4.74 Å². The number of carbonyl (C=O) groups is 3. The van der Waals surface area contributed by atoms with E-state index in [1.807, 2.05) is 0 Å². The standard InChI is InChI=1S/C20H22FN3O4/c1-3-28-20(27)16-9-4-5-10-17(16)23-19(26)13-24(2)12-18(25)22-15-8-6-7-14(21)11-15/h4-11H,3,12-13H2,1-2H3,(H,22,25)(H,23,26). The average molecular weight is 387 g/mol. The van der Waals surface area contributed by atoms with E-state index in [9.17, 15) is 18.8 Å². The third-order valence-corrected chi connectivity index (χ3v) is 3.63. The number of nitrogens with zero attached hydrogens (tertiary/aromatic N) is 1. The van der Waals surface area contributed by atoms with Crippen molar-refractivity contribution in [1.82, 2.24) is 4.90 Å². The highest BCUT2D eigenvalue weighted by Crippen LogP contribution is 2.16. The van der Waals surface area contributed by atoms with Crippen LogP contribution in [0.4, 0.5) is 15.8 Å². The highest BCUT2D eigenvalue weighted by atomic mass is 19.1. The molecule has 0 fully saturated rings. The molecule has 0 aliphatic rings. The fourth-order valence-electron chi connectivity index (χ4n) is 2.48. The largest absolute Gasteiger partial charge is 0.462 e. The first-order chi connectivity index (χ1) is 13.4. The Morgan fingerprint density at radius 1 is 1.00 bits per heavy atom. The van der Waals surface area contributed by atoms with Crippen LogP contribution < -0.4 is 10.6 Å². The normalized spacial score (nSPS) is 10.4. The number of para-hydroxylation sites is 1. The van der Waals surface area contributed by atoms with Gasteiger partial charge < -0.3 is 15.4 Å². The van der Waals surface area contributed by atoms with Gasteiger partial charge in [0.25, 0.3) is 0 Å². The SMILES string of the molecule is CCOC(=O)c1ccccc1NC(=O)CN(C)CC(=O)Nc1cccc(F)c1. The molecule has 0 heterocycles. The number of rotatable bonds is 8. The Labute approximate surface area is 162 Å². The summed E-state index contributed by atoms with van der Waals surface area (Å²) in [7, 11) is 1.60. The molecule has 0 atom stereocenters. The van der Waals surface area contributed by atoms with Gasteiger partial charge >= 0.3 is 5.97 Å². The summed E-state index contributed by atoms with van der Waals surface area (Å²) in [4.78, 5) is 37.7. The monoisotopic (exact) mass is 387 g/mol. The molecular weight excluding hydrogens is 365 g/mol. The predicted octanol–water partition coefficient (Wildman–Crippen LogP) is 2.51. The summed E-state index contributed by atoms with van der Waals surface area (Å²) in [6.07, 6.45) is 0. The van der Waals surface area contributed by atoms with Crippen LogP contribution in [0.25, 0.3) is 0 Å². The Bertz CT molecular complexity index is 857. The molecule has 0 aromatic heterocycles. The summed E-state index contributed by atoms with van der Waals surface area (Å²) in [5.74, 6) is -1.75. The van der Waals surface area contributed by atoms with Gasteiger partial charge in [0.05, 0.1) is 30.9 Å². The van der Waals surface area contributed by atoms with E-state index in [0.717, 1.165) is 0 Å². The minimum atomic E-state index is -0.527. The van der Waals surface area contributed by atoms with Crippen LogP contribution >= 0.6 is 0 Å². The molecule has 7 nitrogen and oxygen atoms in total. The number of likely N-dealkylation sites (N-methyl/N-ethyl adjacent to an activating group) is 1. The second-order valence-electron chi connectivity index (χ2n) is 6.05. The number of hydrogen-bond donors (Lipinski definition) is 2. The van der Waals surface area contributed by atoms with Crippen LogP contribution in [0, 0.1) is 5.82 Å². The zero-order valence-electron chi connectivity index (χ0n) is 15.7. The van der Waals surface area contributed by atoms with Crippen molar-refractivity contribution in [3.63, 3.8) is 0 Å². The lowest BCUT2D eigenvalue weighted by atomic mass is 10.2. The van der Waals surface area contributed by atoms with Gasteiger partial charge in [-0.05, 0) is 44.3 Å². The fraction of sp³-hybridized carbons (Fsp3) is 0.250. The van der Waals surface area contributed by atoms with Crippen molar-refractivity contribution in [1.29, 1.82) is 0 Å². The molecule has 0 bridgehead atoms. The van der Waals surface area contributed by atoms with Crippen molar-refractivity contribution < 1.29 is 23.5 Å². The lowest BCUT2D eigenvalue weighted by Crippen LogP contribution is -2.36. The molecular formula is C20H22FN3O4. The molecule has 0 unspecified atom stereocenters. The van der Waals surface area contributed by atoms with Gasteiger partial charge in [0.15, 0.2) is 0 Å². The minimum Gasteiger partial charge on any atom is -0.462 e. The first-order valence-electron chi connectivity index (χ1n) is 8.69. The van der Waals surface area contributed by atoms with Gasteiger partial charge in [-0.15, -0.1) is 0 Å². The Hall–Kier alpha value is -3.26. The molecule has 0 saturated carbocycles. The molecule has 0 aliphatic heterocycles. The van der Waals surface area contributed by atoms with Gasteiger partial charge in [0.1, 0.15) is 5.82 Å². The Morgan fingerprint density at radius 2 is 1.68 bits per heavy atom. The summed E-state index contributed by atoms with van der Waals surface area (Å²) >= 11 is 0. The van der Waals surface area contributed by atoms with Crippen LogP contribution in [0.2, 0.25) is 0 Å². The van der Waals surface area contributed by atoms with E-state index in [0.29, 0.717) is 11.4 Å². The van der Waals surface area contributed by atoms with Gasteiger partial charge in [0.2, 0.25) is 11.8 Å². The van der Waals surface area contributed by atoms with Crippen molar-refractivity contribution in [2.24, 2.45) is 0 Å². The van der Waals surface area contributed by atoms with Crippen LogP contribution in [-0.4, -0.2) is 49.4 Å². The van der Waals surface area contributed by atoms with Crippen molar-refractivity contribution >= 4 is 29.2 Å². The van der Waals surface area contributed by atoms with E-state index < -0.39 is 17.7 Å². The zero-order chi connectivity index (χ0) is 20.5. The summed E-state index contributed by atoms with van der Waals surface area (Å²) in [5.41, 5.74) is 0.930. The van der Waals surface area contributed by atoms with E-state index in [1.54, 1.807) is 44.3 Å². The summed E-state index contributed by atoms with van der Waals surface area (Å²) < 4.78 is 18.1. The third-order valence-electron chi connectivity index (χ3n) is 3.63. The number of esters is 1. The lowest BCUT2D eigenvalue weighted by Gasteiger charge is -2.17. The number of anilines is 2. The third kappa shape index (κ3) is 6.48. The molecule has 0 saturated heterocycles. The number of nitrogens with one attached hydrogen (secondary N) is 2. The topological polar surface area (TPSA) is 87.7 Å². The first kappa shape index (κ1) is 21.0. The molecule has 0 aliphatic carbocycles. The quantitative estimate of drug-likeness (QED) is 0.680. The summed E-state index contributed by atoms with van der Waals surface area (Å²) in [6.45, 7) is 1.78. The van der Waals surface area contributed by atoms with Crippen LogP contribution in [0.5, 0.6) is 0 Å². The summed E-state index contributed by atoms with van der Waals surface area (Å²) in [5, 5.41) is 5.21. The van der Waals surface area contributed by atoms with E-state index in [2.05, 4.69) is 10.6 Å². The molecule has 28 heavy (non-hydrogen) atoms. The Kier molecular flexibility index (Phi) is 7.65. The van der Waals surface area contributed by atoms with Gasteiger partial charge in [-0.25, -0.2) is 9.18 Å². The van der Waals surface area contributed by atoms with Crippen LogP contribution in [0.15, 0.2) is 48.5 Å². The van der Waals surface area contributed by atoms with Crippen LogP contribution in [0.3, 0.4) is 0 Å². The molecule has 0 radical (unpaired) electrons. The molecule has 2 N–H and O–H groups in total. The molecule has 2 aromatic carbocycles. The van der Waals surface area contributed by atoms with Crippen molar-refractivity contribution in [3.05, 3.63) is 59.9 Å².